The Hall–Kier alpha value is -1.77. The minimum atomic E-state index is -3.74. The number of benzene rings is 1. The molecule has 1 heterocycles. The summed E-state index contributed by atoms with van der Waals surface area (Å²) in [5, 5.41) is 6.46. The number of H-pyrrole nitrogens is 1. The van der Waals surface area contributed by atoms with Crippen LogP contribution in [0.25, 0.3) is 0 Å². The van der Waals surface area contributed by atoms with Crippen LogP contribution in [-0.2, 0) is 23.1 Å². The summed E-state index contributed by atoms with van der Waals surface area (Å²) in [5.74, 6) is -0.485. The van der Waals surface area contributed by atoms with Gasteiger partial charge in [-0.2, -0.15) is 5.10 Å². The van der Waals surface area contributed by atoms with Gasteiger partial charge in [-0.25, -0.2) is 17.5 Å². The molecule has 0 aliphatic rings. The van der Waals surface area contributed by atoms with Gasteiger partial charge >= 0.3 is 0 Å². The number of aromatic amines is 1. The number of halogens is 1. The lowest BCUT2D eigenvalue weighted by Crippen LogP contribution is -2.24. The largest absolute Gasteiger partial charge is 0.326 e. The van der Waals surface area contributed by atoms with E-state index in [-0.39, 0.29) is 23.5 Å². The molecular formula is C13H17FN4O2S. The third-order valence-corrected chi connectivity index (χ3v) is 4.80. The molecule has 0 amide bonds. The van der Waals surface area contributed by atoms with Gasteiger partial charge in [0.1, 0.15) is 10.7 Å². The van der Waals surface area contributed by atoms with Crippen LogP contribution in [0.3, 0.4) is 0 Å². The summed E-state index contributed by atoms with van der Waals surface area (Å²) in [6.45, 7) is 3.30. The number of hydrogen-bond acceptors (Lipinski definition) is 4. The van der Waals surface area contributed by atoms with Crippen LogP contribution >= 0.6 is 0 Å². The molecule has 1 aromatic carbocycles. The highest BCUT2D eigenvalue weighted by atomic mass is 32.2. The third kappa shape index (κ3) is 3.29. The van der Waals surface area contributed by atoms with Gasteiger partial charge < -0.3 is 5.73 Å². The summed E-state index contributed by atoms with van der Waals surface area (Å²) in [6, 6.07) is 4.49. The number of aromatic nitrogens is 2. The zero-order valence-electron chi connectivity index (χ0n) is 11.8. The maximum absolute atomic E-state index is 13.8. The summed E-state index contributed by atoms with van der Waals surface area (Å²) in [6.07, 6.45) is 0. The molecule has 0 fully saturated rings. The van der Waals surface area contributed by atoms with Gasteiger partial charge in [0.2, 0.25) is 10.0 Å². The fraction of sp³-hybridized carbons (Fsp3) is 0.308. The van der Waals surface area contributed by atoms with Crippen LogP contribution in [0.5, 0.6) is 0 Å². The van der Waals surface area contributed by atoms with Gasteiger partial charge in [-0.1, -0.05) is 12.1 Å². The minimum absolute atomic E-state index is 0.0986. The van der Waals surface area contributed by atoms with Crippen molar-refractivity contribution in [2.24, 2.45) is 5.73 Å². The van der Waals surface area contributed by atoms with E-state index in [1.165, 1.54) is 12.1 Å². The molecule has 0 saturated heterocycles. The van der Waals surface area contributed by atoms with Crippen LogP contribution in [0.1, 0.15) is 22.5 Å². The van der Waals surface area contributed by atoms with Gasteiger partial charge in [-0.3, -0.25) is 5.10 Å². The smallest absolute Gasteiger partial charge is 0.244 e. The number of aryl methyl sites for hydroxylation is 2. The van der Waals surface area contributed by atoms with Crippen LogP contribution in [-0.4, -0.2) is 18.6 Å². The van der Waals surface area contributed by atoms with Crippen LogP contribution in [0, 0.1) is 19.7 Å². The fourth-order valence-electron chi connectivity index (χ4n) is 2.04. The lowest BCUT2D eigenvalue weighted by Gasteiger charge is -2.08. The van der Waals surface area contributed by atoms with E-state index >= 15 is 0 Å². The summed E-state index contributed by atoms with van der Waals surface area (Å²) in [4.78, 5) is 0.0986. The summed E-state index contributed by atoms with van der Waals surface area (Å²) in [7, 11) is -3.74. The first-order chi connectivity index (χ1) is 9.85. The Morgan fingerprint density at radius 3 is 2.62 bits per heavy atom. The van der Waals surface area contributed by atoms with Crippen molar-refractivity contribution in [2.75, 3.05) is 0 Å². The molecule has 0 aliphatic carbocycles. The number of nitrogens with one attached hydrogen (secondary N) is 2. The first kappa shape index (κ1) is 15.6. The van der Waals surface area contributed by atoms with E-state index in [4.69, 9.17) is 5.73 Å². The molecule has 4 N–H and O–H groups in total. The van der Waals surface area contributed by atoms with Crippen molar-refractivity contribution in [2.45, 2.75) is 31.8 Å². The van der Waals surface area contributed by atoms with Crippen LogP contribution in [0.2, 0.25) is 0 Å². The van der Waals surface area contributed by atoms with Gasteiger partial charge in [-0.15, -0.1) is 0 Å². The van der Waals surface area contributed by atoms with Crippen molar-refractivity contribution in [3.05, 3.63) is 46.5 Å². The number of nitrogens with two attached hydrogens (primary N) is 1. The lowest BCUT2D eigenvalue weighted by molar-refractivity contribution is 0.573. The van der Waals surface area contributed by atoms with Crippen molar-refractivity contribution < 1.29 is 12.8 Å². The molecule has 0 saturated carbocycles. The molecular weight excluding hydrogens is 295 g/mol. The molecule has 0 radical (unpaired) electrons. The molecule has 0 unspecified atom stereocenters. The molecule has 8 heteroatoms. The second-order valence-corrected chi connectivity index (χ2v) is 6.42. The summed E-state index contributed by atoms with van der Waals surface area (Å²) < 4.78 is 40.6. The van der Waals surface area contributed by atoms with Crippen molar-refractivity contribution in [1.82, 2.24) is 14.9 Å². The van der Waals surface area contributed by atoms with Crippen LogP contribution < -0.4 is 10.5 Å². The maximum Gasteiger partial charge on any atom is 0.244 e. The van der Waals surface area contributed by atoms with E-state index in [0.717, 1.165) is 0 Å². The molecule has 1 aromatic heterocycles. The Morgan fingerprint density at radius 1 is 1.38 bits per heavy atom. The molecule has 2 aromatic rings. The highest BCUT2D eigenvalue weighted by Crippen LogP contribution is 2.17. The minimum Gasteiger partial charge on any atom is -0.326 e. The van der Waals surface area contributed by atoms with Crippen molar-refractivity contribution in [1.29, 1.82) is 0 Å². The van der Waals surface area contributed by atoms with Gasteiger partial charge in [0.15, 0.2) is 0 Å². The van der Waals surface area contributed by atoms with E-state index in [1.54, 1.807) is 19.9 Å². The third-order valence-electron chi connectivity index (χ3n) is 3.14. The van der Waals surface area contributed by atoms with Gasteiger partial charge in [0, 0.05) is 18.7 Å². The number of sulfonamides is 1. The van der Waals surface area contributed by atoms with Crippen LogP contribution in [0.4, 0.5) is 4.39 Å². The maximum atomic E-state index is 13.8. The standard InChI is InChI=1S/C13H17FN4O2S/c1-8-13(9(2)18-17-8)21(19,20)16-7-11-4-3-10(6-15)5-12(11)14/h3-5,16H,6-7,15H2,1-2H3,(H,17,18). The average Bonchev–Trinajstić information content (AvgIpc) is 2.77. The van der Waals surface area contributed by atoms with E-state index in [9.17, 15) is 12.8 Å². The highest BCUT2D eigenvalue weighted by molar-refractivity contribution is 7.89. The van der Waals surface area contributed by atoms with Gasteiger partial charge in [0.25, 0.3) is 0 Å². The molecule has 0 atom stereocenters. The van der Waals surface area contributed by atoms with E-state index < -0.39 is 15.8 Å². The SMILES string of the molecule is Cc1n[nH]c(C)c1S(=O)(=O)NCc1ccc(CN)cc1F. The first-order valence-corrected chi connectivity index (χ1v) is 7.82. The zero-order valence-corrected chi connectivity index (χ0v) is 12.6. The molecule has 114 valence electrons. The molecule has 0 aliphatic heterocycles. The summed E-state index contributed by atoms with van der Waals surface area (Å²) in [5.41, 5.74) is 7.15. The Balaban J connectivity index is 2.20. The van der Waals surface area contributed by atoms with E-state index in [1.807, 2.05) is 0 Å². The Kier molecular flexibility index (Phi) is 4.40. The second-order valence-electron chi connectivity index (χ2n) is 4.72. The highest BCUT2D eigenvalue weighted by Gasteiger charge is 2.22. The molecule has 21 heavy (non-hydrogen) atoms. The molecule has 2 rings (SSSR count). The van der Waals surface area contributed by atoms with Gasteiger partial charge in [-0.05, 0) is 25.5 Å². The number of hydrogen-bond donors (Lipinski definition) is 3. The van der Waals surface area contributed by atoms with Crippen molar-refractivity contribution in [3.63, 3.8) is 0 Å². The Morgan fingerprint density at radius 2 is 2.10 bits per heavy atom. The molecule has 6 nitrogen and oxygen atoms in total. The quantitative estimate of drug-likeness (QED) is 0.769. The number of rotatable bonds is 5. The van der Waals surface area contributed by atoms with E-state index in [0.29, 0.717) is 17.0 Å². The second kappa shape index (κ2) is 5.92. The van der Waals surface area contributed by atoms with E-state index in [2.05, 4.69) is 14.9 Å². The zero-order chi connectivity index (χ0) is 15.6. The Labute approximate surface area is 122 Å². The normalized spacial score (nSPS) is 11.8. The monoisotopic (exact) mass is 312 g/mol. The number of nitrogens with zero attached hydrogens (tertiary/aromatic N) is 1. The predicted molar refractivity (Wildman–Crippen MR) is 76.4 cm³/mol. The fourth-order valence-corrected chi connectivity index (χ4v) is 3.42. The van der Waals surface area contributed by atoms with Crippen LogP contribution in [0.15, 0.2) is 23.1 Å². The van der Waals surface area contributed by atoms with Crippen molar-refractivity contribution in [3.8, 4) is 0 Å². The molecule has 0 bridgehead atoms. The summed E-state index contributed by atoms with van der Waals surface area (Å²) >= 11 is 0. The van der Waals surface area contributed by atoms with Crippen molar-refractivity contribution >= 4 is 10.0 Å². The van der Waals surface area contributed by atoms with Gasteiger partial charge in [0.05, 0.1) is 11.4 Å². The lowest BCUT2D eigenvalue weighted by atomic mass is 10.1. The predicted octanol–water partition coefficient (Wildman–Crippen LogP) is 1.10. The first-order valence-electron chi connectivity index (χ1n) is 6.33. The topological polar surface area (TPSA) is 101 Å². The Bertz CT molecular complexity index is 736. The average molecular weight is 312 g/mol. The molecule has 0 spiro atoms.